The fourth-order valence-corrected chi connectivity index (χ4v) is 1.44. The first-order valence-corrected chi connectivity index (χ1v) is 5.66. The minimum absolute atomic E-state index is 0.209. The topological polar surface area (TPSA) is 9.23 Å². The van der Waals surface area contributed by atoms with Gasteiger partial charge in [0.25, 0.3) is 0 Å². The molecule has 0 bridgehead atoms. The molecule has 0 aliphatic rings. The van der Waals surface area contributed by atoms with E-state index in [1.165, 1.54) is 5.56 Å². The second-order valence-electron chi connectivity index (χ2n) is 5.06. The summed E-state index contributed by atoms with van der Waals surface area (Å²) < 4.78 is 5.79. The first-order valence-electron chi connectivity index (χ1n) is 5.28. The van der Waals surface area contributed by atoms with Crippen LogP contribution in [0.3, 0.4) is 0 Å². The Morgan fingerprint density at radius 2 is 1.80 bits per heavy atom. The van der Waals surface area contributed by atoms with E-state index in [0.29, 0.717) is 10.9 Å². The summed E-state index contributed by atoms with van der Waals surface area (Å²) >= 11 is 6.08. The van der Waals surface area contributed by atoms with Crippen LogP contribution in [0.5, 0.6) is 5.75 Å². The summed E-state index contributed by atoms with van der Waals surface area (Å²) in [5, 5.41) is 0.675. The van der Waals surface area contributed by atoms with Gasteiger partial charge in [0.05, 0.1) is 5.02 Å². The Kier molecular flexibility index (Phi) is 3.67. The Bertz CT molecular complexity index is 337. The zero-order valence-electron chi connectivity index (χ0n) is 10.1. The number of ether oxygens (including phenoxy) is 1. The molecule has 0 heterocycles. The number of halogens is 1. The molecule has 0 saturated carbocycles. The summed E-state index contributed by atoms with van der Waals surface area (Å²) in [6.07, 6.45) is 0. The van der Waals surface area contributed by atoms with Crippen molar-refractivity contribution in [3.05, 3.63) is 28.8 Å². The Hall–Kier alpha value is -0.690. The van der Waals surface area contributed by atoms with E-state index < -0.39 is 0 Å². The molecule has 1 aromatic rings. The van der Waals surface area contributed by atoms with E-state index in [2.05, 4.69) is 13.8 Å². The van der Waals surface area contributed by atoms with Crippen LogP contribution in [-0.2, 0) is 0 Å². The van der Waals surface area contributed by atoms with E-state index in [1.807, 2.05) is 39.0 Å². The van der Waals surface area contributed by atoms with Crippen LogP contribution < -0.4 is 4.74 Å². The Labute approximate surface area is 97.4 Å². The molecule has 0 spiro atoms. The smallest absolute Gasteiger partial charge is 0.138 e. The average molecular weight is 227 g/mol. The van der Waals surface area contributed by atoms with Gasteiger partial charge in [0, 0.05) is 0 Å². The maximum atomic E-state index is 6.08. The van der Waals surface area contributed by atoms with Gasteiger partial charge >= 0.3 is 0 Å². The number of hydrogen-bond acceptors (Lipinski definition) is 1. The average Bonchev–Trinajstić information content (AvgIpc) is 2.06. The van der Waals surface area contributed by atoms with Crippen molar-refractivity contribution in [1.29, 1.82) is 0 Å². The van der Waals surface area contributed by atoms with Crippen molar-refractivity contribution in [2.45, 2.75) is 46.1 Å². The summed E-state index contributed by atoms with van der Waals surface area (Å²) in [7, 11) is 0. The fraction of sp³-hybridized carbons (Fsp3) is 0.538. The molecule has 0 aliphatic heterocycles. The molecule has 1 aromatic carbocycles. The third kappa shape index (κ3) is 3.75. The van der Waals surface area contributed by atoms with Crippen LogP contribution in [0, 0.1) is 0 Å². The van der Waals surface area contributed by atoms with Gasteiger partial charge < -0.3 is 4.74 Å². The molecular formula is C13H19ClO. The normalized spacial score (nSPS) is 11.9. The van der Waals surface area contributed by atoms with Crippen molar-refractivity contribution >= 4 is 11.6 Å². The molecule has 0 amide bonds. The monoisotopic (exact) mass is 226 g/mol. The Morgan fingerprint density at radius 1 is 1.20 bits per heavy atom. The standard InChI is InChI=1S/C13H19ClO/c1-9(2)10-6-7-11(14)12(8-10)15-13(3,4)5/h6-9H,1-5H3. The summed E-state index contributed by atoms with van der Waals surface area (Å²) in [6.45, 7) is 10.4. The zero-order valence-corrected chi connectivity index (χ0v) is 10.9. The van der Waals surface area contributed by atoms with Gasteiger partial charge in [0.15, 0.2) is 0 Å². The molecule has 0 unspecified atom stereocenters. The number of benzene rings is 1. The van der Waals surface area contributed by atoms with Crippen LogP contribution in [-0.4, -0.2) is 5.60 Å². The van der Waals surface area contributed by atoms with Crippen molar-refractivity contribution in [3.63, 3.8) is 0 Å². The lowest BCUT2D eigenvalue weighted by molar-refractivity contribution is 0.131. The first-order chi connectivity index (χ1) is 6.79. The lowest BCUT2D eigenvalue weighted by atomic mass is 10.0. The van der Waals surface area contributed by atoms with Crippen LogP contribution in [0.25, 0.3) is 0 Å². The molecular weight excluding hydrogens is 208 g/mol. The van der Waals surface area contributed by atoms with Crippen molar-refractivity contribution in [1.82, 2.24) is 0 Å². The molecule has 0 aromatic heterocycles. The van der Waals surface area contributed by atoms with Crippen molar-refractivity contribution in [2.75, 3.05) is 0 Å². The van der Waals surface area contributed by atoms with E-state index in [1.54, 1.807) is 0 Å². The van der Waals surface area contributed by atoms with Crippen molar-refractivity contribution in [3.8, 4) is 5.75 Å². The molecule has 0 aliphatic carbocycles. The molecule has 0 saturated heterocycles. The molecule has 0 N–H and O–H groups in total. The highest BCUT2D eigenvalue weighted by atomic mass is 35.5. The van der Waals surface area contributed by atoms with E-state index in [4.69, 9.17) is 16.3 Å². The third-order valence-electron chi connectivity index (χ3n) is 2.04. The first kappa shape index (κ1) is 12.4. The molecule has 0 atom stereocenters. The molecule has 1 rings (SSSR count). The third-order valence-corrected chi connectivity index (χ3v) is 2.35. The Morgan fingerprint density at radius 3 is 2.27 bits per heavy atom. The van der Waals surface area contributed by atoms with Gasteiger partial charge in [-0.2, -0.15) is 0 Å². The van der Waals surface area contributed by atoms with E-state index in [0.717, 1.165) is 5.75 Å². The molecule has 1 nitrogen and oxygen atoms in total. The van der Waals surface area contributed by atoms with E-state index in [9.17, 15) is 0 Å². The molecule has 0 radical (unpaired) electrons. The van der Waals surface area contributed by atoms with Gasteiger partial charge in [-0.25, -0.2) is 0 Å². The van der Waals surface area contributed by atoms with Crippen LogP contribution >= 0.6 is 11.6 Å². The van der Waals surface area contributed by atoms with E-state index in [-0.39, 0.29) is 5.60 Å². The summed E-state index contributed by atoms with van der Waals surface area (Å²) in [5.41, 5.74) is 1.04. The summed E-state index contributed by atoms with van der Waals surface area (Å²) in [5.74, 6) is 1.26. The van der Waals surface area contributed by atoms with Crippen LogP contribution in [0.1, 0.15) is 46.1 Å². The van der Waals surface area contributed by atoms with E-state index >= 15 is 0 Å². The summed E-state index contributed by atoms with van der Waals surface area (Å²) in [6, 6.07) is 5.97. The van der Waals surface area contributed by atoms with Gasteiger partial charge in [0.2, 0.25) is 0 Å². The quantitative estimate of drug-likeness (QED) is 0.714. The van der Waals surface area contributed by atoms with Gasteiger partial charge in [-0.15, -0.1) is 0 Å². The largest absolute Gasteiger partial charge is 0.487 e. The van der Waals surface area contributed by atoms with Gasteiger partial charge in [-0.3, -0.25) is 0 Å². The second-order valence-corrected chi connectivity index (χ2v) is 5.47. The van der Waals surface area contributed by atoms with Gasteiger partial charge in [-0.05, 0) is 44.4 Å². The number of rotatable bonds is 2. The molecule has 2 heteroatoms. The van der Waals surface area contributed by atoms with Crippen LogP contribution in [0.2, 0.25) is 5.02 Å². The predicted molar refractivity (Wildman–Crippen MR) is 65.9 cm³/mol. The summed E-state index contributed by atoms with van der Waals surface area (Å²) in [4.78, 5) is 0. The predicted octanol–water partition coefficient (Wildman–Crippen LogP) is 4.64. The van der Waals surface area contributed by atoms with Gasteiger partial charge in [-0.1, -0.05) is 31.5 Å². The van der Waals surface area contributed by atoms with Crippen molar-refractivity contribution < 1.29 is 4.74 Å². The number of hydrogen-bond donors (Lipinski definition) is 0. The fourth-order valence-electron chi connectivity index (χ4n) is 1.29. The van der Waals surface area contributed by atoms with Gasteiger partial charge in [0.1, 0.15) is 11.4 Å². The molecule has 84 valence electrons. The maximum absolute atomic E-state index is 6.08. The highest BCUT2D eigenvalue weighted by Gasteiger charge is 2.14. The van der Waals surface area contributed by atoms with Crippen molar-refractivity contribution in [2.24, 2.45) is 0 Å². The molecule has 15 heavy (non-hydrogen) atoms. The Balaban J connectivity index is 3.01. The minimum atomic E-state index is -0.209. The highest BCUT2D eigenvalue weighted by molar-refractivity contribution is 6.32. The minimum Gasteiger partial charge on any atom is -0.487 e. The zero-order chi connectivity index (χ0) is 11.6. The second kappa shape index (κ2) is 4.44. The van der Waals surface area contributed by atoms with Crippen LogP contribution in [0.15, 0.2) is 18.2 Å². The lowest BCUT2D eigenvalue weighted by Crippen LogP contribution is -2.23. The SMILES string of the molecule is CC(C)c1ccc(Cl)c(OC(C)(C)C)c1. The lowest BCUT2D eigenvalue weighted by Gasteiger charge is -2.22. The highest BCUT2D eigenvalue weighted by Crippen LogP contribution is 2.31. The molecule has 0 fully saturated rings. The maximum Gasteiger partial charge on any atom is 0.138 e. The van der Waals surface area contributed by atoms with Crippen LogP contribution in [0.4, 0.5) is 0 Å².